The molecule has 0 aliphatic heterocycles. The summed E-state index contributed by atoms with van der Waals surface area (Å²) in [6.45, 7) is 5.31. The predicted octanol–water partition coefficient (Wildman–Crippen LogP) is 7.14. The van der Waals surface area contributed by atoms with Crippen molar-refractivity contribution < 1.29 is 22.4 Å². The van der Waals surface area contributed by atoms with Gasteiger partial charge in [0.25, 0.3) is 0 Å². The Morgan fingerprint density at radius 1 is 0.647 bits per heavy atom. The van der Waals surface area contributed by atoms with E-state index in [9.17, 15) is 8.42 Å². The molecule has 0 radical (unpaired) electrons. The van der Waals surface area contributed by atoms with E-state index in [0.29, 0.717) is 12.8 Å². The minimum atomic E-state index is -3.07. The summed E-state index contributed by atoms with van der Waals surface area (Å²) in [5.41, 5.74) is 0. The van der Waals surface area contributed by atoms with E-state index in [2.05, 4.69) is 35.0 Å². The Kier molecular flexibility index (Phi) is 20.9. The summed E-state index contributed by atoms with van der Waals surface area (Å²) in [5, 5.41) is 0. The summed E-state index contributed by atoms with van der Waals surface area (Å²) in [4.78, 5) is 0. The van der Waals surface area contributed by atoms with Crippen molar-refractivity contribution in [3.8, 4) is 0 Å². The highest BCUT2D eigenvalue weighted by molar-refractivity contribution is 7.91. The van der Waals surface area contributed by atoms with Gasteiger partial charge in [-0.25, -0.2) is 8.42 Å². The topological polar surface area (TPSA) is 52.6 Å². The van der Waals surface area contributed by atoms with Crippen LogP contribution in [0.15, 0.2) is 0 Å². The molecular weight excluding hydrogens is 446 g/mol. The van der Waals surface area contributed by atoms with Crippen molar-refractivity contribution in [3.63, 3.8) is 0 Å². The summed E-state index contributed by atoms with van der Waals surface area (Å²) in [5.74, 6) is 0.385. The SMILES string of the molecule is CCCCCCCCCCCCCCC(CCC)OC(CCS(=O)(=O)CCC[N+](C)(C)C)OC. The zero-order valence-corrected chi connectivity index (χ0v) is 24.6. The van der Waals surface area contributed by atoms with E-state index >= 15 is 0 Å². The van der Waals surface area contributed by atoms with E-state index in [1.54, 1.807) is 7.11 Å². The molecule has 0 aromatic carbocycles. The van der Waals surface area contributed by atoms with E-state index in [1.807, 2.05) is 0 Å². The van der Waals surface area contributed by atoms with Crippen molar-refractivity contribution in [1.82, 2.24) is 0 Å². The summed E-state index contributed by atoms with van der Waals surface area (Å²) >= 11 is 0. The van der Waals surface area contributed by atoms with E-state index < -0.39 is 16.1 Å². The second-order valence-corrected chi connectivity index (χ2v) is 13.5. The summed E-state index contributed by atoms with van der Waals surface area (Å²) in [6, 6.07) is 0. The van der Waals surface area contributed by atoms with Crippen LogP contribution in [0.5, 0.6) is 0 Å². The van der Waals surface area contributed by atoms with Gasteiger partial charge in [-0.05, 0) is 12.8 Å². The first-order chi connectivity index (χ1) is 16.1. The molecule has 0 rings (SSSR count). The molecule has 0 heterocycles. The third-order valence-corrected chi connectivity index (χ3v) is 8.31. The molecule has 0 aliphatic carbocycles. The van der Waals surface area contributed by atoms with Crippen molar-refractivity contribution in [2.24, 2.45) is 0 Å². The standard InChI is InChI=1S/C28H60NO4S/c1-7-9-10-11-12-13-14-15-16-17-18-19-22-27(21-8-2)33-28(32-6)23-26-34(30,31)25-20-24-29(3,4)5/h27-28H,7-26H2,1-6H3/q+1. The molecule has 0 aromatic heterocycles. The van der Waals surface area contributed by atoms with Gasteiger partial charge in [-0.2, -0.15) is 0 Å². The van der Waals surface area contributed by atoms with Gasteiger partial charge in [0.1, 0.15) is 0 Å². The minimum absolute atomic E-state index is 0.139. The lowest BCUT2D eigenvalue weighted by atomic mass is 10.0. The quantitative estimate of drug-likeness (QED) is 0.0750. The molecule has 34 heavy (non-hydrogen) atoms. The van der Waals surface area contributed by atoms with Gasteiger partial charge in [-0.3, -0.25) is 0 Å². The van der Waals surface area contributed by atoms with Crippen LogP contribution in [0.2, 0.25) is 0 Å². The van der Waals surface area contributed by atoms with Crippen molar-refractivity contribution in [1.29, 1.82) is 0 Å². The number of unbranched alkanes of at least 4 members (excludes halogenated alkanes) is 11. The van der Waals surface area contributed by atoms with E-state index in [4.69, 9.17) is 9.47 Å². The van der Waals surface area contributed by atoms with Crippen LogP contribution in [0, 0.1) is 0 Å². The molecule has 2 atom stereocenters. The zero-order valence-electron chi connectivity index (χ0n) is 23.8. The number of rotatable bonds is 25. The fourth-order valence-electron chi connectivity index (χ4n) is 4.41. The Morgan fingerprint density at radius 3 is 1.65 bits per heavy atom. The zero-order chi connectivity index (χ0) is 25.7. The fraction of sp³-hybridized carbons (Fsp3) is 1.00. The second-order valence-electron chi connectivity index (χ2n) is 11.2. The number of hydrogen-bond donors (Lipinski definition) is 0. The molecular formula is C28H60NO4S+. The maximum absolute atomic E-state index is 12.4. The van der Waals surface area contributed by atoms with Gasteiger partial charge in [0.15, 0.2) is 16.1 Å². The molecule has 0 aromatic rings. The van der Waals surface area contributed by atoms with E-state index in [0.717, 1.165) is 30.3 Å². The molecule has 0 fully saturated rings. The summed E-state index contributed by atoms with van der Waals surface area (Å²) in [7, 11) is 4.83. The Labute approximate surface area is 213 Å². The Bertz CT molecular complexity index is 545. The second kappa shape index (κ2) is 21.0. The van der Waals surface area contributed by atoms with Crippen LogP contribution in [-0.2, 0) is 19.3 Å². The largest absolute Gasteiger partial charge is 0.356 e. The Morgan fingerprint density at radius 2 is 1.18 bits per heavy atom. The van der Waals surface area contributed by atoms with Crippen LogP contribution in [0.3, 0.4) is 0 Å². The maximum Gasteiger partial charge on any atom is 0.158 e. The van der Waals surface area contributed by atoms with Crippen LogP contribution in [0.4, 0.5) is 0 Å². The maximum atomic E-state index is 12.4. The first-order valence-electron chi connectivity index (χ1n) is 14.3. The number of sulfone groups is 1. The van der Waals surface area contributed by atoms with Gasteiger partial charge < -0.3 is 14.0 Å². The van der Waals surface area contributed by atoms with Gasteiger partial charge >= 0.3 is 0 Å². The molecule has 5 nitrogen and oxygen atoms in total. The van der Waals surface area contributed by atoms with Crippen LogP contribution in [0.25, 0.3) is 0 Å². The molecule has 0 saturated carbocycles. The monoisotopic (exact) mass is 506 g/mol. The van der Waals surface area contributed by atoms with Crippen molar-refractivity contribution >= 4 is 9.84 Å². The average molecular weight is 507 g/mol. The normalized spacial score (nSPS) is 14.4. The van der Waals surface area contributed by atoms with Crippen LogP contribution < -0.4 is 0 Å². The lowest BCUT2D eigenvalue weighted by molar-refractivity contribution is -0.870. The Balaban J connectivity index is 4.05. The highest BCUT2D eigenvalue weighted by atomic mass is 32.2. The van der Waals surface area contributed by atoms with Gasteiger partial charge in [0.05, 0.1) is 45.3 Å². The van der Waals surface area contributed by atoms with Gasteiger partial charge in [-0.15, -0.1) is 0 Å². The summed E-state index contributed by atoms with van der Waals surface area (Å²) < 4.78 is 37.4. The molecule has 2 unspecified atom stereocenters. The third-order valence-electron chi connectivity index (χ3n) is 6.55. The molecule has 0 amide bonds. The van der Waals surface area contributed by atoms with Crippen LogP contribution in [-0.4, -0.2) is 71.6 Å². The molecule has 6 heteroatoms. The van der Waals surface area contributed by atoms with Gasteiger partial charge in [0, 0.05) is 20.0 Å². The number of methoxy groups -OCH3 is 1. The van der Waals surface area contributed by atoms with Crippen molar-refractivity contribution in [3.05, 3.63) is 0 Å². The highest BCUT2D eigenvalue weighted by Crippen LogP contribution is 2.18. The van der Waals surface area contributed by atoms with Crippen molar-refractivity contribution in [2.75, 3.05) is 46.3 Å². The number of nitrogens with zero attached hydrogens (tertiary/aromatic N) is 1. The molecule has 0 spiro atoms. The number of hydrogen-bond acceptors (Lipinski definition) is 4. The smallest absolute Gasteiger partial charge is 0.158 e. The average Bonchev–Trinajstić information content (AvgIpc) is 2.76. The predicted molar refractivity (Wildman–Crippen MR) is 147 cm³/mol. The molecule has 0 bridgehead atoms. The van der Waals surface area contributed by atoms with E-state index in [1.165, 1.54) is 77.0 Å². The fourth-order valence-corrected chi connectivity index (χ4v) is 5.73. The van der Waals surface area contributed by atoms with Crippen molar-refractivity contribution in [2.45, 2.75) is 135 Å². The lowest BCUT2D eigenvalue weighted by Crippen LogP contribution is -2.36. The number of ether oxygens (including phenoxy) is 2. The molecule has 0 saturated heterocycles. The van der Waals surface area contributed by atoms with Crippen LogP contribution in [0.1, 0.15) is 123 Å². The highest BCUT2D eigenvalue weighted by Gasteiger charge is 2.20. The lowest BCUT2D eigenvalue weighted by Gasteiger charge is -2.24. The van der Waals surface area contributed by atoms with E-state index in [-0.39, 0.29) is 17.6 Å². The van der Waals surface area contributed by atoms with Gasteiger partial charge in [-0.1, -0.05) is 97.3 Å². The Hall–Kier alpha value is -0.170. The third kappa shape index (κ3) is 22.3. The summed E-state index contributed by atoms with van der Waals surface area (Å²) in [6.07, 6.45) is 20.2. The van der Waals surface area contributed by atoms with Crippen LogP contribution >= 0.6 is 0 Å². The minimum Gasteiger partial charge on any atom is -0.356 e. The molecule has 206 valence electrons. The first-order valence-corrected chi connectivity index (χ1v) is 16.1. The van der Waals surface area contributed by atoms with Gasteiger partial charge in [0.2, 0.25) is 0 Å². The first kappa shape index (κ1) is 33.8. The molecule has 0 N–H and O–H groups in total. The molecule has 0 aliphatic rings. The number of quaternary nitrogens is 1.